The quantitative estimate of drug-likeness (QED) is 0.759. The molecule has 0 saturated carbocycles. The van der Waals surface area contributed by atoms with Gasteiger partial charge in [-0.25, -0.2) is 0 Å². The first-order valence-electron chi connectivity index (χ1n) is 10.0. The van der Waals surface area contributed by atoms with E-state index in [1.54, 1.807) is 0 Å². The molecule has 1 fully saturated rings. The summed E-state index contributed by atoms with van der Waals surface area (Å²) >= 11 is 0. The molecule has 1 aliphatic heterocycles. The summed E-state index contributed by atoms with van der Waals surface area (Å²) in [6.45, 7) is 8.66. The summed E-state index contributed by atoms with van der Waals surface area (Å²) in [7, 11) is 0. The van der Waals surface area contributed by atoms with Crippen molar-refractivity contribution in [2.75, 3.05) is 39.5 Å². The molecule has 0 aromatic heterocycles. The van der Waals surface area contributed by atoms with E-state index in [0.717, 1.165) is 32.1 Å². The number of ether oxygens (including phenoxy) is 2. The molecule has 1 aliphatic rings. The minimum atomic E-state index is -0.0652. The van der Waals surface area contributed by atoms with Crippen molar-refractivity contribution in [1.82, 2.24) is 10.2 Å². The van der Waals surface area contributed by atoms with Gasteiger partial charge in [-0.05, 0) is 35.7 Å². The zero-order valence-electron chi connectivity index (χ0n) is 16.8. The first kappa shape index (κ1) is 20.4. The number of benzene rings is 2. The molecule has 28 heavy (non-hydrogen) atoms. The number of amides is 1. The molecule has 0 spiro atoms. The number of hydrogen-bond acceptors (Lipinski definition) is 4. The lowest BCUT2D eigenvalue weighted by Gasteiger charge is -2.35. The molecule has 0 radical (unpaired) electrons. The molecule has 0 unspecified atom stereocenters. The monoisotopic (exact) mass is 382 g/mol. The van der Waals surface area contributed by atoms with Crippen molar-refractivity contribution in [1.29, 1.82) is 0 Å². The van der Waals surface area contributed by atoms with Crippen LogP contribution in [-0.2, 0) is 4.74 Å². The highest BCUT2D eigenvalue weighted by molar-refractivity contribution is 5.94. The molecule has 150 valence electrons. The van der Waals surface area contributed by atoms with Crippen LogP contribution in [0.15, 0.2) is 54.6 Å². The Kier molecular flexibility index (Phi) is 7.46. The van der Waals surface area contributed by atoms with E-state index in [1.807, 2.05) is 42.5 Å². The van der Waals surface area contributed by atoms with Crippen molar-refractivity contribution in [3.8, 4) is 5.75 Å². The fourth-order valence-corrected chi connectivity index (χ4v) is 3.28. The summed E-state index contributed by atoms with van der Waals surface area (Å²) in [6.07, 6.45) is 0. The summed E-state index contributed by atoms with van der Waals surface area (Å²) in [5.74, 6) is 1.20. The maximum absolute atomic E-state index is 12.6. The van der Waals surface area contributed by atoms with Gasteiger partial charge >= 0.3 is 0 Å². The van der Waals surface area contributed by atoms with E-state index in [9.17, 15) is 4.79 Å². The second-order valence-corrected chi connectivity index (χ2v) is 7.51. The molecule has 5 nitrogen and oxygen atoms in total. The van der Waals surface area contributed by atoms with Crippen LogP contribution in [-0.4, -0.2) is 50.3 Å². The molecular weight excluding hydrogens is 352 g/mol. The Labute approximate surface area is 167 Å². The SMILES string of the molecule is CC(C)COc1ccc(C(=O)NC[C@@H](c2ccccc2)N2CCOCC2)cc1. The molecule has 3 rings (SSSR count). The first-order chi connectivity index (χ1) is 13.6. The average Bonchev–Trinajstić information content (AvgIpc) is 2.74. The number of nitrogens with one attached hydrogen (secondary N) is 1. The number of carbonyl (C=O) groups is 1. The zero-order valence-corrected chi connectivity index (χ0v) is 16.8. The van der Waals surface area contributed by atoms with Gasteiger partial charge in [0, 0.05) is 25.2 Å². The summed E-state index contributed by atoms with van der Waals surface area (Å²) < 4.78 is 11.2. The Morgan fingerprint density at radius 3 is 2.39 bits per heavy atom. The van der Waals surface area contributed by atoms with Crippen LogP contribution >= 0.6 is 0 Å². The van der Waals surface area contributed by atoms with Crippen LogP contribution in [0.4, 0.5) is 0 Å². The van der Waals surface area contributed by atoms with Gasteiger partial charge in [0.25, 0.3) is 5.91 Å². The Balaban J connectivity index is 1.61. The standard InChI is InChI=1S/C23H30N2O3/c1-18(2)17-28-21-10-8-20(9-11-21)23(26)24-16-22(19-6-4-3-5-7-19)25-12-14-27-15-13-25/h3-11,18,22H,12-17H2,1-2H3,(H,24,26)/t22-/m0/s1. The highest BCUT2D eigenvalue weighted by Gasteiger charge is 2.23. The van der Waals surface area contributed by atoms with Crippen LogP contribution < -0.4 is 10.1 Å². The first-order valence-corrected chi connectivity index (χ1v) is 10.0. The predicted molar refractivity (Wildman–Crippen MR) is 111 cm³/mol. The molecule has 0 bridgehead atoms. The summed E-state index contributed by atoms with van der Waals surface area (Å²) in [6, 6.07) is 17.8. The Bertz CT molecular complexity index is 725. The highest BCUT2D eigenvalue weighted by Crippen LogP contribution is 2.21. The van der Waals surface area contributed by atoms with E-state index in [-0.39, 0.29) is 11.9 Å². The molecule has 1 N–H and O–H groups in total. The average molecular weight is 383 g/mol. The van der Waals surface area contributed by atoms with Crippen molar-refractivity contribution in [2.45, 2.75) is 19.9 Å². The fraction of sp³-hybridized carbons (Fsp3) is 0.435. The van der Waals surface area contributed by atoms with E-state index < -0.39 is 0 Å². The third-order valence-electron chi connectivity index (χ3n) is 4.83. The molecule has 1 saturated heterocycles. The van der Waals surface area contributed by atoms with Crippen molar-refractivity contribution in [3.05, 3.63) is 65.7 Å². The Morgan fingerprint density at radius 2 is 1.75 bits per heavy atom. The number of morpholine rings is 1. The molecule has 1 atom stereocenters. The normalized spacial score (nSPS) is 16.0. The zero-order chi connectivity index (χ0) is 19.8. The van der Waals surface area contributed by atoms with Gasteiger partial charge in [0.05, 0.1) is 25.9 Å². The van der Waals surface area contributed by atoms with Crippen molar-refractivity contribution in [3.63, 3.8) is 0 Å². The molecule has 1 heterocycles. The van der Waals surface area contributed by atoms with E-state index in [4.69, 9.17) is 9.47 Å². The minimum absolute atomic E-state index is 0.0652. The van der Waals surface area contributed by atoms with Crippen molar-refractivity contribution >= 4 is 5.91 Å². The largest absolute Gasteiger partial charge is 0.493 e. The molecular formula is C23H30N2O3. The third-order valence-corrected chi connectivity index (χ3v) is 4.83. The Morgan fingerprint density at radius 1 is 1.07 bits per heavy atom. The summed E-state index contributed by atoms with van der Waals surface area (Å²) in [4.78, 5) is 15.0. The van der Waals surface area contributed by atoms with Gasteiger partial charge < -0.3 is 14.8 Å². The summed E-state index contributed by atoms with van der Waals surface area (Å²) in [5, 5.41) is 3.10. The molecule has 5 heteroatoms. The van der Waals surface area contributed by atoms with Gasteiger partial charge in [0.1, 0.15) is 5.75 Å². The predicted octanol–water partition coefficient (Wildman–Crippen LogP) is 3.52. The van der Waals surface area contributed by atoms with Gasteiger partial charge in [-0.1, -0.05) is 44.2 Å². The molecule has 2 aromatic rings. The Hall–Kier alpha value is -2.37. The van der Waals surface area contributed by atoms with Gasteiger partial charge in [-0.15, -0.1) is 0 Å². The maximum atomic E-state index is 12.6. The minimum Gasteiger partial charge on any atom is -0.493 e. The van der Waals surface area contributed by atoms with Gasteiger partial charge in [-0.3, -0.25) is 9.69 Å². The van der Waals surface area contributed by atoms with E-state index in [1.165, 1.54) is 5.56 Å². The van der Waals surface area contributed by atoms with Crippen molar-refractivity contribution in [2.24, 2.45) is 5.92 Å². The van der Waals surface area contributed by atoms with Crippen LogP contribution in [0.5, 0.6) is 5.75 Å². The maximum Gasteiger partial charge on any atom is 0.251 e. The van der Waals surface area contributed by atoms with Crippen LogP contribution in [0.25, 0.3) is 0 Å². The van der Waals surface area contributed by atoms with Crippen LogP contribution in [0, 0.1) is 5.92 Å². The second kappa shape index (κ2) is 10.2. The topological polar surface area (TPSA) is 50.8 Å². The lowest BCUT2D eigenvalue weighted by molar-refractivity contribution is 0.0162. The van der Waals surface area contributed by atoms with Crippen LogP contribution in [0.3, 0.4) is 0 Å². The van der Waals surface area contributed by atoms with Gasteiger partial charge in [0.15, 0.2) is 0 Å². The van der Waals surface area contributed by atoms with E-state index in [0.29, 0.717) is 24.6 Å². The van der Waals surface area contributed by atoms with Gasteiger partial charge in [0.2, 0.25) is 0 Å². The number of rotatable bonds is 8. The highest BCUT2D eigenvalue weighted by atomic mass is 16.5. The lowest BCUT2D eigenvalue weighted by atomic mass is 10.0. The lowest BCUT2D eigenvalue weighted by Crippen LogP contribution is -2.43. The van der Waals surface area contributed by atoms with E-state index in [2.05, 4.69) is 36.2 Å². The van der Waals surface area contributed by atoms with Crippen LogP contribution in [0.2, 0.25) is 0 Å². The molecule has 0 aliphatic carbocycles. The van der Waals surface area contributed by atoms with E-state index >= 15 is 0 Å². The van der Waals surface area contributed by atoms with Gasteiger partial charge in [-0.2, -0.15) is 0 Å². The second-order valence-electron chi connectivity index (χ2n) is 7.51. The fourth-order valence-electron chi connectivity index (χ4n) is 3.28. The summed E-state index contributed by atoms with van der Waals surface area (Å²) in [5.41, 5.74) is 1.85. The molecule has 1 amide bonds. The number of carbonyl (C=O) groups excluding carboxylic acids is 1. The van der Waals surface area contributed by atoms with Crippen molar-refractivity contribution < 1.29 is 14.3 Å². The molecule has 2 aromatic carbocycles. The smallest absolute Gasteiger partial charge is 0.251 e. The number of hydrogen-bond donors (Lipinski definition) is 1. The van der Waals surface area contributed by atoms with Crippen LogP contribution in [0.1, 0.15) is 35.8 Å². The number of nitrogens with zero attached hydrogens (tertiary/aromatic N) is 1. The third kappa shape index (κ3) is 5.81.